The van der Waals surface area contributed by atoms with Crippen LogP contribution in [0.4, 0.5) is 13.2 Å². The number of guanidine groups is 1. The molecule has 1 fully saturated rings. The highest BCUT2D eigenvalue weighted by Gasteiger charge is 2.31. The van der Waals surface area contributed by atoms with E-state index in [0.717, 1.165) is 31.2 Å². The van der Waals surface area contributed by atoms with Crippen LogP contribution >= 0.6 is 24.0 Å². The minimum Gasteiger partial charge on any atom is -0.484 e. The van der Waals surface area contributed by atoms with Gasteiger partial charge in [-0.25, -0.2) is 4.99 Å². The molecule has 0 radical (unpaired) electrons. The van der Waals surface area contributed by atoms with E-state index >= 15 is 0 Å². The van der Waals surface area contributed by atoms with Gasteiger partial charge in [0.25, 0.3) is 0 Å². The summed E-state index contributed by atoms with van der Waals surface area (Å²) in [6.45, 7) is 2.15. The van der Waals surface area contributed by atoms with Crippen molar-refractivity contribution in [3.8, 4) is 5.75 Å². The van der Waals surface area contributed by atoms with Crippen molar-refractivity contribution in [3.63, 3.8) is 0 Å². The second-order valence-electron chi connectivity index (χ2n) is 6.53. The molecule has 0 atom stereocenters. The first-order valence-corrected chi connectivity index (χ1v) is 8.83. The third-order valence-electron chi connectivity index (χ3n) is 4.21. The Balaban J connectivity index is 0.00000364. The highest BCUT2D eigenvalue weighted by atomic mass is 127. The largest absolute Gasteiger partial charge is 0.484 e. The average Bonchev–Trinajstić information content (AvgIpc) is 3.03. The van der Waals surface area contributed by atoms with Crippen LogP contribution < -0.4 is 15.4 Å². The predicted molar refractivity (Wildman–Crippen MR) is 110 cm³/mol. The van der Waals surface area contributed by atoms with E-state index in [1.165, 1.54) is 12.1 Å². The highest BCUT2D eigenvalue weighted by Crippen LogP contribution is 2.28. The number of ether oxygens (including phenoxy) is 1. The van der Waals surface area contributed by atoms with E-state index in [9.17, 15) is 18.3 Å². The summed E-state index contributed by atoms with van der Waals surface area (Å²) in [6.07, 6.45) is -0.695. The molecule has 0 spiro atoms. The molecule has 5 nitrogen and oxygen atoms in total. The van der Waals surface area contributed by atoms with Crippen LogP contribution in [0.2, 0.25) is 0 Å². The monoisotopic (exact) mass is 501 g/mol. The van der Waals surface area contributed by atoms with E-state index < -0.39 is 18.4 Å². The van der Waals surface area contributed by atoms with Crippen LogP contribution in [0.25, 0.3) is 0 Å². The van der Waals surface area contributed by atoms with Gasteiger partial charge < -0.3 is 20.5 Å². The lowest BCUT2D eigenvalue weighted by molar-refractivity contribution is -0.153. The molecule has 0 bridgehead atoms. The van der Waals surface area contributed by atoms with Crippen LogP contribution in [-0.2, 0) is 6.54 Å². The molecule has 0 unspecified atom stereocenters. The van der Waals surface area contributed by atoms with Gasteiger partial charge in [0.2, 0.25) is 0 Å². The van der Waals surface area contributed by atoms with Crippen LogP contribution in [0.5, 0.6) is 5.75 Å². The van der Waals surface area contributed by atoms with E-state index in [0.29, 0.717) is 25.6 Å². The van der Waals surface area contributed by atoms with Gasteiger partial charge in [-0.2, -0.15) is 13.2 Å². The summed E-state index contributed by atoms with van der Waals surface area (Å²) >= 11 is 0. The second kappa shape index (κ2) is 10.9. The topological polar surface area (TPSA) is 65.9 Å². The molecule has 3 N–H and O–H groups in total. The highest BCUT2D eigenvalue weighted by molar-refractivity contribution is 14.0. The number of hydrogen-bond acceptors (Lipinski definition) is 3. The number of rotatable bonds is 7. The van der Waals surface area contributed by atoms with Crippen LogP contribution in [0.1, 0.15) is 38.2 Å². The van der Waals surface area contributed by atoms with Gasteiger partial charge >= 0.3 is 6.18 Å². The van der Waals surface area contributed by atoms with Crippen molar-refractivity contribution in [3.05, 3.63) is 29.8 Å². The molecule has 1 aliphatic carbocycles. The van der Waals surface area contributed by atoms with Gasteiger partial charge in [-0.1, -0.05) is 25.0 Å². The molecular formula is C18H27F3IN3O2. The smallest absolute Gasteiger partial charge is 0.422 e. The maximum Gasteiger partial charge on any atom is 0.422 e. The fourth-order valence-electron chi connectivity index (χ4n) is 2.83. The molecule has 0 aromatic heterocycles. The quantitative estimate of drug-likeness (QED) is 0.304. The van der Waals surface area contributed by atoms with E-state index in [1.807, 2.05) is 6.92 Å². The first-order chi connectivity index (χ1) is 12.3. The Kier molecular flexibility index (Phi) is 9.65. The SMILES string of the molecule is CCNC(=NCc1ccc(OCC(F)(F)F)cc1)NCC1(O)CCCC1.I. The summed E-state index contributed by atoms with van der Waals surface area (Å²) in [4.78, 5) is 4.45. The molecule has 9 heteroatoms. The number of aliphatic hydroxyl groups is 1. The van der Waals surface area contributed by atoms with Gasteiger partial charge in [-0.05, 0) is 37.5 Å². The van der Waals surface area contributed by atoms with Crippen LogP contribution in [-0.4, -0.2) is 42.5 Å². The fraction of sp³-hybridized carbons (Fsp3) is 0.611. The lowest BCUT2D eigenvalue weighted by Crippen LogP contribution is -2.46. The first-order valence-electron chi connectivity index (χ1n) is 8.83. The van der Waals surface area contributed by atoms with Gasteiger partial charge in [0, 0.05) is 13.1 Å². The molecule has 154 valence electrons. The standard InChI is InChI=1S/C18H26F3N3O2.HI/c1-2-22-16(24-12-17(25)9-3-4-10-17)23-11-14-5-7-15(8-6-14)26-13-18(19,20)21;/h5-8,25H,2-4,9-13H2,1H3,(H2,22,23,24);1H. The zero-order chi connectivity index (χ0) is 19.0. The van der Waals surface area contributed by atoms with Gasteiger partial charge in [-0.15, -0.1) is 24.0 Å². The first kappa shape index (κ1) is 23.8. The molecule has 1 aromatic rings. The number of hydrogen-bond donors (Lipinski definition) is 3. The number of benzene rings is 1. The Bertz CT molecular complexity index is 589. The summed E-state index contributed by atoms with van der Waals surface area (Å²) in [6, 6.07) is 6.36. The van der Waals surface area contributed by atoms with Crippen molar-refractivity contribution < 1.29 is 23.0 Å². The van der Waals surface area contributed by atoms with Gasteiger partial charge in [0.05, 0.1) is 12.1 Å². The molecule has 0 heterocycles. The Hall–Kier alpha value is -1.23. The summed E-state index contributed by atoms with van der Waals surface area (Å²) < 4.78 is 41.1. The molecule has 1 saturated carbocycles. The van der Waals surface area contributed by atoms with Crippen molar-refractivity contribution >= 4 is 29.9 Å². The normalized spacial score (nSPS) is 16.6. The average molecular weight is 501 g/mol. The lowest BCUT2D eigenvalue weighted by Gasteiger charge is -2.23. The van der Waals surface area contributed by atoms with Crippen molar-refractivity contribution in [1.29, 1.82) is 0 Å². The fourth-order valence-corrected chi connectivity index (χ4v) is 2.83. The molecule has 2 rings (SSSR count). The minimum atomic E-state index is -4.35. The molecule has 1 aromatic carbocycles. The maximum absolute atomic E-state index is 12.1. The molecular weight excluding hydrogens is 474 g/mol. The summed E-state index contributed by atoms with van der Waals surface area (Å²) in [7, 11) is 0. The minimum absolute atomic E-state index is 0. The molecule has 0 aliphatic heterocycles. The Morgan fingerprint density at radius 3 is 2.37 bits per heavy atom. The Morgan fingerprint density at radius 2 is 1.81 bits per heavy atom. The van der Waals surface area contributed by atoms with Gasteiger partial charge in [0.1, 0.15) is 5.75 Å². The van der Waals surface area contributed by atoms with Crippen LogP contribution in [0.15, 0.2) is 29.3 Å². The number of alkyl halides is 3. The predicted octanol–water partition coefficient (Wildman–Crippen LogP) is 3.61. The number of nitrogens with one attached hydrogen (secondary N) is 2. The van der Waals surface area contributed by atoms with Crippen molar-refractivity contribution in [1.82, 2.24) is 10.6 Å². The summed E-state index contributed by atoms with van der Waals surface area (Å²) in [5.41, 5.74) is 0.175. The molecule has 0 amide bonds. The third-order valence-corrected chi connectivity index (χ3v) is 4.21. The second-order valence-corrected chi connectivity index (χ2v) is 6.53. The van der Waals surface area contributed by atoms with E-state index in [2.05, 4.69) is 20.4 Å². The van der Waals surface area contributed by atoms with Crippen LogP contribution in [0.3, 0.4) is 0 Å². The third kappa shape index (κ3) is 9.00. The van der Waals surface area contributed by atoms with Gasteiger partial charge in [-0.3, -0.25) is 0 Å². The van der Waals surface area contributed by atoms with Crippen molar-refractivity contribution in [2.24, 2.45) is 4.99 Å². The lowest BCUT2D eigenvalue weighted by atomic mass is 10.0. The summed E-state index contributed by atoms with van der Waals surface area (Å²) in [5.74, 6) is 0.772. The van der Waals surface area contributed by atoms with E-state index in [1.54, 1.807) is 12.1 Å². The van der Waals surface area contributed by atoms with E-state index in [-0.39, 0.29) is 29.7 Å². The number of aliphatic imine (C=N–C) groups is 1. The van der Waals surface area contributed by atoms with Gasteiger partial charge in [0.15, 0.2) is 12.6 Å². The molecule has 0 saturated heterocycles. The zero-order valence-corrected chi connectivity index (χ0v) is 17.6. The van der Waals surface area contributed by atoms with Crippen molar-refractivity contribution in [2.75, 3.05) is 19.7 Å². The molecule has 27 heavy (non-hydrogen) atoms. The van der Waals surface area contributed by atoms with E-state index in [4.69, 9.17) is 0 Å². The van der Waals surface area contributed by atoms with Crippen LogP contribution in [0, 0.1) is 0 Å². The molecule has 1 aliphatic rings. The number of halogens is 4. The number of nitrogens with zero attached hydrogens (tertiary/aromatic N) is 1. The maximum atomic E-state index is 12.1. The summed E-state index contributed by atoms with van der Waals surface area (Å²) in [5, 5.41) is 16.7. The Morgan fingerprint density at radius 1 is 1.19 bits per heavy atom. The van der Waals surface area contributed by atoms with Crippen molar-refractivity contribution in [2.45, 2.75) is 50.9 Å². The Labute approximate surface area is 174 Å². The zero-order valence-electron chi connectivity index (χ0n) is 15.3.